The number of carbonyl (C=O) groups is 2. The molecule has 42 heavy (non-hydrogen) atoms. The summed E-state index contributed by atoms with van der Waals surface area (Å²) in [6.45, 7) is 0.814. The number of carbonyl (C=O) groups excluding carboxylic acids is 2. The molecule has 2 aromatic heterocycles. The lowest BCUT2D eigenvalue weighted by Gasteiger charge is -2.25. The number of benzene rings is 3. The van der Waals surface area contributed by atoms with E-state index in [-0.39, 0.29) is 16.1 Å². The van der Waals surface area contributed by atoms with Gasteiger partial charge >= 0.3 is 6.09 Å². The fraction of sp³-hybridized carbons (Fsp3) is 0.138. The maximum absolute atomic E-state index is 13.7. The van der Waals surface area contributed by atoms with Crippen LogP contribution in [-0.2, 0) is 27.7 Å². The summed E-state index contributed by atoms with van der Waals surface area (Å²) in [5, 5.41) is 4.76. The molecule has 0 saturated heterocycles. The lowest BCUT2D eigenvalue weighted by atomic mass is 10.0. The fourth-order valence-corrected chi connectivity index (χ4v) is 8.31. The predicted molar refractivity (Wildman–Crippen MR) is 166 cm³/mol. The Labute approximate surface area is 254 Å². The first kappa shape index (κ1) is 28.2. The third-order valence-corrected chi connectivity index (χ3v) is 10.6. The van der Waals surface area contributed by atoms with Crippen LogP contribution in [0, 0.1) is 0 Å². The van der Waals surface area contributed by atoms with Crippen LogP contribution in [0.3, 0.4) is 0 Å². The highest BCUT2D eigenvalue weighted by molar-refractivity contribution is 7.92. The molecule has 0 atom stereocenters. The minimum Gasteiger partial charge on any atom is -0.453 e. The molecule has 2 amide bonds. The monoisotopic (exact) mass is 638 g/mol. The SMILES string of the molecule is COC(=O)N1CCc2c(sc(NC(=O)c3ccccc3NS(=O)(=O)c3ccc(Cl)cc3)c2-c2nc3ccccc3s2)C1. The second-order valence-corrected chi connectivity index (χ2v) is 13.7. The summed E-state index contributed by atoms with van der Waals surface area (Å²) < 4.78 is 34.6. The number of rotatable bonds is 6. The van der Waals surface area contributed by atoms with Crippen LogP contribution in [-0.4, -0.2) is 44.0 Å². The van der Waals surface area contributed by atoms with Gasteiger partial charge in [-0.15, -0.1) is 22.7 Å². The average Bonchev–Trinajstić information content (AvgIpc) is 3.57. The summed E-state index contributed by atoms with van der Waals surface area (Å²) in [7, 11) is -2.64. The topological polar surface area (TPSA) is 118 Å². The van der Waals surface area contributed by atoms with Crippen molar-refractivity contribution >= 4 is 77.2 Å². The number of halogens is 1. The van der Waals surface area contributed by atoms with Crippen molar-refractivity contribution in [2.24, 2.45) is 0 Å². The van der Waals surface area contributed by atoms with Gasteiger partial charge in [-0.05, 0) is 60.5 Å². The molecule has 13 heteroatoms. The minimum absolute atomic E-state index is 0.0151. The Morgan fingerprint density at radius 3 is 2.50 bits per heavy atom. The van der Waals surface area contributed by atoms with Gasteiger partial charge in [-0.25, -0.2) is 18.2 Å². The molecule has 6 rings (SSSR count). The summed E-state index contributed by atoms with van der Waals surface area (Å²) >= 11 is 8.81. The molecule has 0 fully saturated rings. The van der Waals surface area contributed by atoms with Gasteiger partial charge in [0.05, 0.1) is 40.0 Å². The average molecular weight is 639 g/mol. The van der Waals surface area contributed by atoms with Crippen molar-refractivity contribution < 1.29 is 22.7 Å². The quantitative estimate of drug-likeness (QED) is 0.210. The maximum atomic E-state index is 13.7. The summed E-state index contributed by atoms with van der Waals surface area (Å²) in [4.78, 5) is 33.4. The molecule has 2 N–H and O–H groups in total. The van der Waals surface area contributed by atoms with Crippen LogP contribution in [0.4, 0.5) is 15.5 Å². The summed E-state index contributed by atoms with van der Waals surface area (Å²) in [6, 6.07) is 20.0. The third-order valence-electron chi connectivity index (χ3n) is 6.76. The van der Waals surface area contributed by atoms with Gasteiger partial charge < -0.3 is 15.0 Å². The molecule has 5 aromatic rings. The van der Waals surface area contributed by atoms with Crippen LogP contribution < -0.4 is 10.0 Å². The van der Waals surface area contributed by atoms with Crippen molar-refractivity contribution in [1.82, 2.24) is 9.88 Å². The highest BCUT2D eigenvalue weighted by atomic mass is 35.5. The number of thiophene rings is 1. The van der Waals surface area contributed by atoms with Gasteiger partial charge in [0.1, 0.15) is 10.0 Å². The number of amides is 2. The summed E-state index contributed by atoms with van der Waals surface area (Å²) in [5.41, 5.74) is 2.96. The summed E-state index contributed by atoms with van der Waals surface area (Å²) in [5.74, 6) is -0.491. The first-order chi connectivity index (χ1) is 20.2. The van der Waals surface area contributed by atoms with Crippen LogP contribution in [0.5, 0.6) is 0 Å². The first-order valence-corrected chi connectivity index (χ1v) is 16.2. The molecular weight excluding hydrogens is 616 g/mol. The van der Waals surface area contributed by atoms with E-state index in [2.05, 4.69) is 10.0 Å². The lowest BCUT2D eigenvalue weighted by Crippen LogP contribution is -2.35. The van der Waals surface area contributed by atoms with Gasteiger partial charge in [0.25, 0.3) is 15.9 Å². The molecule has 0 radical (unpaired) electrons. The number of sulfonamides is 1. The van der Waals surface area contributed by atoms with Crippen molar-refractivity contribution in [3.63, 3.8) is 0 Å². The van der Waals surface area contributed by atoms with Gasteiger partial charge in [0.15, 0.2) is 0 Å². The Kier molecular flexibility index (Phi) is 7.62. The van der Waals surface area contributed by atoms with E-state index in [1.54, 1.807) is 23.1 Å². The molecule has 0 unspecified atom stereocenters. The number of nitrogens with zero attached hydrogens (tertiary/aromatic N) is 2. The number of hydrogen-bond donors (Lipinski definition) is 2. The van der Waals surface area contributed by atoms with Crippen LogP contribution in [0.1, 0.15) is 20.8 Å². The number of aromatic nitrogens is 1. The molecule has 1 aliphatic rings. The van der Waals surface area contributed by atoms with E-state index in [0.717, 1.165) is 31.2 Å². The first-order valence-electron chi connectivity index (χ1n) is 12.8. The number of nitrogens with one attached hydrogen (secondary N) is 2. The highest BCUT2D eigenvalue weighted by Gasteiger charge is 2.30. The van der Waals surface area contributed by atoms with Crippen LogP contribution in [0.15, 0.2) is 77.7 Å². The molecule has 1 aliphatic heterocycles. The molecule has 3 heterocycles. The van der Waals surface area contributed by atoms with E-state index in [0.29, 0.717) is 29.5 Å². The number of anilines is 2. The molecule has 3 aromatic carbocycles. The number of fused-ring (bicyclic) bond motifs is 2. The smallest absolute Gasteiger partial charge is 0.409 e. The Hall–Kier alpha value is -3.97. The zero-order valence-electron chi connectivity index (χ0n) is 22.1. The second-order valence-electron chi connectivity index (χ2n) is 9.40. The van der Waals surface area contributed by atoms with E-state index >= 15 is 0 Å². The van der Waals surface area contributed by atoms with Crippen molar-refractivity contribution in [1.29, 1.82) is 0 Å². The van der Waals surface area contributed by atoms with E-state index in [1.165, 1.54) is 60.1 Å². The van der Waals surface area contributed by atoms with Crippen LogP contribution in [0.25, 0.3) is 20.8 Å². The number of hydrogen-bond acceptors (Lipinski definition) is 8. The normalized spacial score (nSPS) is 13.0. The van der Waals surface area contributed by atoms with Crippen molar-refractivity contribution in [2.75, 3.05) is 23.7 Å². The Balaban J connectivity index is 1.36. The standard InChI is InChI=1S/C29H23ClN4O5S3/c1-39-29(36)34-15-14-20-24(16-34)41-28(25(20)27-31-22-8-4-5-9-23(22)40-27)32-26(35)19-6-2-3-7-21(19)33-42(37,38)18-12-10-17(30)11-13-18/h2-13,33H,14-16H2,1H3,(H,32,35). The third kappa shape index (κ3) is 5.45. The zero-order valence-corrected chi connectivity index (χ0v) is 25.3. The van der Waals surface area contributed by atoms with Gasteiger partial charge in [-0.1, -0.05) is 35.9 Å². The molecule has 214 valence electrons. The largest absolute Gasteiger partial charge is 0.453 e. The number of para-hydroxylation sites is 2. The van der Waals surface area contributed by atoms with Gasteiger partial charge in [0, 0.05) is 22.0 Å². The van der Waals surface area contributed by atoms with E-state index < -0.39 is 22.0 Å². The lowest BCUT2D eigenvalue weighted by molar-refractivity contribution is 0.102. The molecule has 9 nitrogen and oxygen atoms in total. The molecule has 0 saturated carbocycles. The van der Waals surface area contributed by atoms with Crippen molar-refractivity contribution in [3.8, 4) is 10.6 Å². The molecule has 0 bridgehead atoms. The number of thiazole rings is 1. The second kappa shape index (κ2) is 11.4. The minimum atomic E-state index is -3.99. The van der Waals surface area contributed by atoms with Gasteiger partial charge in [-0.3, -0.25) is 9.52 Å². The Morgan fingerprint density at radius 2 is 1.74 bits per heavy atom. The molecule has 0 aliphatic carbocycles. The van der Waals surface area contributed by atoms with Gasteiger partial charge in [-0.2, -0.15) is 0 Å². The van der Waals surface area contributed by atoms with E-state index in [9.17, 15) is 18.0 Å². The highest BCUT2D eigenvalue weighted by Crippen LogP contribution is 2.46. The zero-order chi connectivity index (χ0) is 29.4. The number of ether oxygens (including phenoxy) is 1. The van der Waals surface area contributed by atoms with Crippen molar-refractivity contribution in [3.05, 3.63) is 93.8 Å². The molecular formula is C29H23ClN4O5S3. The van der Waals surface area contributed by atoms with Crippen LogP contribution >= 0.6 is 34.3 Å². The number of methoxy groups -OCH3 is 1. The van der Waals surface area contributed by atoms with E-state index in [1.807, 2.05) is 24.3 Å². The van der Waals surface area contributed by atoms with Crippen molar-refractivity contribution in [2.45, 2.75) is 17.9 Å². The van der Waals surface area contributed by atoms with Gasteiger partial charge in [0.2, 0.25) is 0 Å². The fourth-order valence-electron chi connectivity index (χ4n) is 4.74. The van der Waals surface area contributed by atoms with E-state index in [4.69, 9.17) is 21.3 Å². The summed E-state index contributed by atoms with van der Waals surface area (Å²) in [6.07, 6.45) is 0.155. The predicted octanol–water partition coefficient (Wildman–Crippen LogP) is 6.86. The Morgan fingerprint density at radius 1 is 1.00 bits per heavy atom. The van der Waals surface area contributed by atoms with Crippen LogP contribution in [0.2, 0.25) is 5.02 Å². The maximum Gasteiger partial charge on any atom is 0.409 e. The Bertz CT molecular complexity index is 1900. The molecule has 0 spiro atoms.